The van der Waals surface area contributed by atoms with E-state index in [0.29, 0.717) is 22.4 Å². The molecule has 4 aromatic rings. The van der Waals surface area contributed by atoms with Crippen molar-refractivity contribution in [1.82, 2.24) is 10.2 Å². The number of halogens is 1. The van der Waals surface area contributed by atoms with Gasteiger partial charge in [0.1, 0.15) is 22.2 Å². The van der Waals surface area contributed by atoms with Gasteiger partial charge in [-0.05, 0) is 41.8 Å². The van der Waals surface area contributed by atoms with Gasteiger partial charge in [-0.25, -0.2) is 4.39 Å². The van der Waals surface area contributed by atoms with E-state index < -0.39 is 23.2 Å². The first-order valence-corrected chi connectivity index (χ1v) is 11.2. The van der Waals surface area contributed by atoms with Crippen molar-refractivity contribution in [2.75, 3.05) is 12.0 Å². The summed E-state index contributed by atoms with van der Waals surface area (Å²) in [6, 6.07) is 9.97. The molecule has 0 radical (unpaired) electrons. The molecule has 1 amide bonds. The number of anilines is 1. The summed E-state index contributed by atoms with van der Waals surface area (Å²) in [4.78, 5) is 28.5. The number of aromatic nitrogens is 2. The highest BCUT2D eigenvalue weighted by Crippen LogP contribution is 2.42. The third-order valence-corrected chi connectivity index (χ3v) is 6.43. The number of ether oxygens (including phenoxy) is 1. The van der Waals surface area contributed by atoms with Gasteiger partial charge < -0.3 is 9.15 Å². The maximum Gasteiger partial charge on any atom is 0.297 e. The highest BCUT2D eigenvalue weighted by atomic mass is 32.1. The lowest BCUT2D eigenvalue weighted by Crippen LogP contribution is -2.29. The lowest BCUT2D eigenvalue weighted by molar-refractivity contribution is 0.0970. The number of nitrogens with zero attached hydrogens (tertiary/aromatic N) is 3. The second-order valence-corrected chi connectivity index (χ2v) is 9.29. The fraction of sp³-hybridized carbons (Fsp3) is 0.250. The molecule has 1 unspecified atom stereocenters. The van der Waals surface area contributed by atoms with Crippen LogP contribution in [-0.4, -0.2) is 23.2 Å². The van der Waals surface area contributed by atoms with E-state index in [1.807, 2.05) is 0 Å². The highest BCUT2D eigenvalue weighted by Gasteiger charge is 2.45. The van der Waals surface area contributed by atoms with Crippen molar-refractivity contribution >= 4 is 33.3 Å². The monoisotopic (exact) mass is 465 g/mol. The number of hydrogen-bond donors (Lipinski definition) is 0. The standard InChI is InChI=1S/C24H20FN3O4S/c1-12(2)9-18-26-27-24(33-18)28-20(13-5-4-6-15(10-13)31-3)19-21(29)16-11-14(25)7-8-17(16)32-22(19)23(28)30/h4-8,10-12,20H,9H2,1-3H3. The van der Waals surface area contributed by atoms with Crippen LogP contribution in [0.5, 0.6) is 5.75 Å². The van der Waals surface area contributed by atoms with Gasteiger partial charge in [-0.3, -0.25) is 14.5 Å². The molecule has 3 heterocycles. The van der Waals surface area contributed by atoms with Crippen LogP contribution in [0.4, 0.5) is 9.52 Å². The van der Waals surface area contributed by atoms with Crippen LogP contribution in [0, 0.1) is 11.7 Å². The van der Waals surface area contributed by atoms with Crippen LogP contribution >= 0.6 is 11.3 Å². The second-order valence-electron chi connectivity index (χ2n) is 8.25. The van der Waals surface area contributed by atoms with E-state index in [4.69, 9.17) is 9.15 Å². The molecule has 2 aromatic carbocycles. The van der Waals surface area contributed by atoms with Gasteiger partial charge in [0.2, 0.25) is 10.9 Å². The molecule has 1 aliphatic heterocycles. The van der Waals surface area contributed by atoms with E-state index in [0.717, 1.165) is 17.5 Å². The van der Waals surface area contributed by atoms with Crippen LogP contribution in [0.1, 0.15) is 46.6 Å². The summed E-state index contributed by atoms with van der Waals surface area (Å²) in [5, 5.41) is 9.73. The van der Waals surface area contributed by atoms with Crippen molar-refractivity contribution in [1.29, 1.82) is 0 Å². The van der Waals surface area contributed by atoms with Gasteiger partial charge in [0.15, 0.2) is 5.43 Å². The quantitative estimate of drug-likeness (QED) is 0.423. The molecule has 9 heteroatoms. The number of amides is 1. The molecule has 0 N–H and O–H groups in total. The SMILES string of the molecule is COc1cccc(C2c3c(oc4ccc(F)cc4c3=O)C(=O)N2c2nnc(CC(C)C)s2)c1. The van der Waals surface area contributed by atoms with Crippen LogP contribution in [-0.2, 0) is 6.42 Å². The normalized spacial score (nSPS) is 15.5. The van der Waals surface area contributed by atoms with Crippen LogP contribution in [0.15, 0.2) is 51.7 Å². The number of carbonyl (C=O) groups excluding carboxylic acids is 1. The Morgan fingerprint density at radius 1 is 1.18 bits per heavy atom. The molecule has 0 bridgehead atoms. The Labute approximate surface area is 192 Å². The van der Waals surface area contributed by atoms with Crippen molar-refractivity contribution < 1.29 is 18.3 Å². The van der Waals surface area contributed by atoms with Crippen molar-refractivity contribution in [3.05, 3.63) is 80.4 Å². The molecule has 0 saturated heterocycles. The smallest absolute Gasteiger partial charge is 0.297 e. The van der Waals surface area contributed by atoms with Crippen molar-refractivity contribution in [2.24, 2.45) is 5.92 Å². The molecule has 7 nitrogen and oxygen atoms in total. The lowest BCUT2D eigenvalue weighted by atomic mass is 9.98. The van der Waals surface area contributed by atoms with Gasteiger partial charge in [-0.1, -0.05) is 37.3 Å². The van der Waals surface area contributed by atoms with Crippen LogP contribution in [0.3, 0.4) is 0 Å². The number of carbonyl (C=O) groups is 1. The van der Waals surface area contributed by atoms with E-state index in [2.05, 4.69) is 24.0 Å². The molecule has 2 aromatic heterocycles. The molecule has 0 fully saturated rings. The van der Waals surface area contributed by atoms with E-state index in [1.165, 1.54) is 35.5 Å². The number of hydrogen-bond acceptors (Lipinski definition) is 7. The molecular formula is C24H20FN3O4S. The van der Waals surface area contributed by atoms with Crippen molar-refractivity contribution in [2.45, 2.75) is 26.3 Å². The van der Waals surface area contributed by atoms with E-state index in [1.54, 1.807) is 24.3 Å². The summed E-state index contributed by atoms with van der Waals surface area (Å²) >= 11 is 1.30. The van der Waals surface area contributed by atoms with Gasteiger partial charge in [0.25, 0.3) is 5.91 Å². The Balaban J connectivity index is 1.75. The average Bonchev–Trinajstić information content (AvgIpc) is 3.36. The van der Waals surface area contributed by atoms with Crippen molar-refractivity contribution in [3.63, 3.8) is 0 Å². The molecule has 1 atom stereocenters. The number of rotatable bonds is 5. The number of benzene rings is 2. The average molecular weight is 466 g/mol. The largest absolute Gasteiger partial charge is 0.497 e. The maximum absolute atomic E-state index is 13.9. The fourth-order valence-corrected chi connectivity index (χ4v) is 5.12. The Hall–Kier alpha value is -3.59. The molecule has 0 spiro atoms. The molecule has 1 aliphatic rings. The third-order valence-electron chi connectivity index (χ3n) is 5.49. The lowest BCUT2D eigenvalue weighted by Gasteiger charge is -2.22. The summed E-state index contributed by atoms with van der Waals surface area (Å²) in [6.45, 7) is 4.15. The van der Waals surface area contributed by atoms with Gasteiger partial charge in [0.05, 0.1) is 24.1 Å². The maximum atomic E-state index is 13.9. The zero-order chi connectivity index (χ0) is 23.3. The first-order chi connectivity index (χ1) is 15.9. The molecule has 5 rings (SSSR count). The van der Waals surface area contributed by atoms with Crippen LogP contribution in [0.25, 0.3) is 11.0 Å². The van der Waals surface area contributed by atoms with E-state index >= 15 is 0 Å². The van der Waals surface area contributed by atoms with E-state index in [9.17, 15) is 14.0 Å². The Bertz CT molecular complexity index is 1450. The molecule has 0 aliphatic carbocycles. The highest BCUT2D eigenvalue weighted by molar-refractivity contribution is 7.15. The Kier molecular flexibility index (Phi) is 5.20. The van der Waals surface area contributed by atoms with Gasteiger partial charge in [-0.2, -0.15) is 0 Å². The predicted octanol–water partition coefficient (Wildman–Crippen LogP) is 4.74. The summed E-state index contributed by atoms with van der Waals surface area (Å²) in [6.07, 6.45) is 0.719. The molecule has 0 saturated carbocycles. The number of methoxy groups -OCH3 is 1. The van der Waals surface area contributed by atoms with E-state index in [-0.39, 0.29) is 22.3 Å². The summed E-state index contributed by atoms with van der Waals surface area (Å²) in [5.74, 6) is -0.186. The first-order valence-electron chi connectivity index (χ1n) is 10.4. The zero-order valence-corrected chi connectivity index (χ0v) is 19.0. The van der Waals surface area contributed by atoms with Gasteiger partial charge in [0, 0.05) is 6.42 Å². The fourth-order valence-electron chi connectivity index (χ4n) is 4.04. The Morgan fingerprint density at radius 3 is 2.76 bits per heavy atom. The summed E-state index contributed by atoms with van der Waals surface area (Å²) in [5.41, 5.74) is 0.482. The van der Waals surface area contributed by atoms with Gasteiger partial charge in [-0.15, -0.1) is 10.2 Å². The Morgan fingerprint density at radius 2 is 2.00 bits per heavy atom. The van der Waals surface area contributed by atoms with Gasteiger partial charge >= 0.3 is 0 Å². The molecule has 168 valence electrons. The number of fused-ring (bicyclic) bond motifs is 2. The van der Waals surface area contributed by atoms with Crippen LogP contribution in [0.2, 0.25) is 0 Å². The minimum Gasteiger partial charge on any atom is -0.497 e. The first kappa shape index (κ1) is 21.3. The third kappa shape index (κ3) is 3.58. The van der Waals surface area contributed by atoms with Crippen molar-refractivity contribution in [3.8, 4) is 5.75 Å². The minimum atomic E-state index is -0.814. The van der Waals surface area contributed by atoms with Crippen LogP contribution < -0.4 is 15.1 Å². The second kappa shape index (κ2) is 8.08. The molecular weight excluding hydrogens is 445 g/mol. The predicted molar refractivity (Wildman–Crippen MR) is 123 cm³/mol. The zero-order valence-electron chi connectivity index (χ0n) is 18.2. The summed E-state index contributed by atoms with van der Waals surface area (Å²) < 4.78 is 25.1. The minimum absolute atomic E-state index is 0.0764. The summed E-state index contributed by atoms with van der Waals surface area (Å²) in [7, 11) is 1.54. The molecule has 33 heavy (non-hydrogen) atoms. The topological polar surface area (TPSA) is 85.5 Å².